The maximum absolute atomic E-state index is 12.7. The van der Waals surface area contributed by atoms with Crippen LogP contribution in [0.5, 0.6) is 0 Å². The zero-order valence-electron chi connectivity index (χ0n) is 12.3. The van der Waals surface area contributed by atoms with Gasteiger partial charge in [0, 0.05) is 5.02 Å². The number of carbonyl (C=O) groups excluding carboxylic acids is 1. The van der Waals surface area contributed by atoms with Crippen LogP contribution in [-0.4, -0.2) is 16.1 Å². The Hall–Kier alpha value is -1.88. The number of ether oxygens (including phenoxy) is 1. The summed E-state index contributed by atoms with van der Waals surface area (Å²) in [5.74, 6) is 0.609. The van der Waals surface area contributed by atoms with E-state index in [1.54, 1.807) is 6.92 Å². The first kappa shape index (κ1) is 15.0. The maximum Gasteiger partial charge on any atom is 0.317 e. The second-order valence-corrected chi connectivity index (χ2v) is 6.04. The average Bonchev–Trinajstić information content (AvgIpc) is 3.15. The summed E-state index contributed by atoms with van der Waals surface area (Å²) in [6.07, 6.45) is 3.60. The van der Waals surface area contributed by atoms with Gasteiger partial charge in [-0.05, 0) is 37.5 Å². The van der Waals surface area contributed by atoms with E-state index in [1.807, 2.05) is 24.3 Å². The van der Waals surface area contributed by atoms with E-state index in [9.17, 15) is 4.79 Å². The Morgan fingerprint density at radius 3 is 2.59 bits per heavy atom. The Bertz CT molecular complexity index is 660. The normalized spacial score (nSPS) is 16.6. The predicted octanol–water partition coefficient (Wildman–Crippen LogP) is 3.59. The predicted molar refractivity (Wildman–Crippen MR) is 80.4 cm³/mol. The first-order valence-corrected chi connectivity index (χ1v) is 7.70. The largest absolute Gasteiger partial charge is 0.455 e. The lowest BCUT2D eigenvalue weighted by atomic mass is 9.79. The summed E-state index contributed by atoms with van der Waals surface area (Å²) in [7, 11) is 0. The number of halogens is 1. The highest BCUT2D eigenvalue weighted by molar-refractivity contribution is 6.30. The van der Waals surface area contributed by atoms with Crippen molar-refractivity contribution in [2.75, 3.05) is 0 Å². The molecule has 0 aliphatic heterocycles. The van der Waals surface area contributed by atoms with Crippen molar-refractivity contribution in [2.24, 2.45) is 0 Å². The number of hydrogen-bond donors (Lipinski definition) is 0. The molecular weight excluding hydrogens is 304 g/mol. The molecule has 2 aromatic rings. The fraction of sp³-hybridized carbons (Fsp3) is 0.438. The van der Waals surface area contributed by atoms with Crippen LogP contribution in [0.15, 0.2) is 28.8 Å². The van der Waals surface area contributed by atoms with Crippen LogP contribution < -0.4 is 0 Å². The molecule has 5 nitrogen and oxygen atoms in total. The molecule has 0 radical (unpaired) electrons. The molecule has 0 unspecified atom stereocenters. The summed E-state index contributed by atoms with van der Waals surface area (Å²) in [6.45, 7) is 1.73. The van der Waals surface area contributed by atoms with Gasteiger partial charge in [-0.1, -0.05) is 41.7 Å². The number of nitrogens with zero attached hydrogens (tertiary/aromatic N) is 2. The fourth-order valence-corrected chi connectivity index (χ4v) is 3.15. The molecule has 1 fully saturated rings. The highest BCUT2D eigenvalue weighted by atomic mass is 35.5. The number of hydrogen-bond acceptors (Lipinski definition) is 5. The van der Waals surface area contributed by atoms with Crippen molar-refractivity contribution >= 4 is 17.6 Å². The maximum atomic E-state index is 12.7. The Morgan fingerprint density at radius 2 is 2.00 bits per heavy atom. The third-order valence-corrected chi connectivity index (χ3v) is 4.39. The fourth-order valence-electron chi connectivity index (χ4n) is 3.02. The van der Waals surface area contributed by atoms with E-state index in [4.69, 9.17) is 20.9 Å². The van der Waals surface area contributed by atoms with Gasteiger partial charge >= 0.3 is 5.97 Å². The molecule has 0 N–H and O–H groups in total. The molecule has 0 spiro atoms. The van der Waals surface area contributed by atoms with Gasteiger partial charge < -0.3 is 9.26 Å². The lowest BCUT2D eigenvalue weighted by Gasteiger charge is -2.27. The molecule has 0 atom stereocenters. The topological polar surface area (TPSA) is 65.2 Å². The molecule has 1 heterocycles. The molecule has 3 rings (SSSR count). The zero-order valence-corrected chi connectivity index (χ0v) is 13.1. The van der Waals surface area contributed by atoms with Gasteiger partial charge in [0.2, 0.25) is 0 Å². The summed E-state index contributed by atoms with van der Waals surface area (Å²) in [4.78, 5) is 16.7. The minimum atomic E-state index is -0.584. The van der Waals surface area contributed by atoms with Gasteiger partial charge in [0.15, 0.2) is 12.4 Å². The molecule has 1 saturated carbocycles. The molecule has 22 heavy (non-hydrogen) atoms. The van der Waals surface area contributed by atoms with Crippen LogP contribution in [0.2, 0.25) is 5.02 Å². The quantitative estimate of drug-likeness (QED) is 0.805. The number of aryl methyl sites for hydroxylation is 1. The Morgan fingerprint density at radius 1 is 1.32 bits per heavy atom. The van der Waals surface area contributed by atoms with Gasteiger partial charge in [-0.15, -0.1) is 0 Å². The summed E-state index contributed by atoms with van der Waals surface area (Å²) < 4.78 is 10.4. The van der Waals surface area contributed by atoms with Crippen molar-refractivity contribution < 1.29 is 14.1 Å². The van der Waals surface area contributed by atoms with Crippen LogP contribution in [0.3, 0.4) is 0 Å². The standard InChI is InChI=1S/C16H17ClN2O3/c1-11-18-14(22-19-11)10-21-15(20)16(8-2-3-9-16)12-4-6-13(17)7-5-12/h4-7H,2-3,8-10H2,1H3. The van der Waals surface area contributed by atoms with Crippen molar-refractivity contribution in [3.8, 4) is 0 Å². The Kier molecular flexibility index (Phi) is 4.16. The summed E-state index contributed by atoms with van der Waals surface area (Å²) >= 11 is 5.94. The first-order valence-electron chi connectivity index (χ1n) is 7.33. The van der Waals surface area contributed by atoms with Crippen molar-refractivity contribution in [2.45, 2.75) is 44.6 Å². The summed E-state index contributed by atoms with van der Waals surface area (Å²) in [5.41, 5.74) is 0.376. The average molecular weight is 321 g/mol. The summed E-state index contributed by atoms with van der Waals surface area (Å²) in [6, 6.07) is 7.44. The third kappa shape index (κ3) is 2.86. The van der Waals surface area contributed by atoms with E-state index in [0.29, 0.717) is 16.7 Å². The molecular formula is C16H17ClN2O3. The van der Waals surface area contributed by atoms with Crippen molar-refractivity contribution in [3.05, 3.63) is 46.6 Å². The molecule has 1 aliphatic rings. The highest BCUT2D eigenvalue weighted by Crippen LogP contribution is 2.42. The number of esters is 1. The zero-order chi connectivity index (χ0) is 15.6. The van der Waals surface area contributed by atoms with Crippen molar-refractivity contribution in [3.63, 3.8) is 0 Å². The van der Waals surface area contributed by atoms with E-state index in [-0.39, 0.29) is 12.6 Å². The monoisotopic (exact) mass is 320 g/mol. The van der Waals surface area contributed by atoms with E-state index >= 15 is 0 Å². The van der Waals surface area contributed by atoms with Crippen LogP contribution in [0, 0.1) is 6.92 Å². The minimum absolute atomic E-state index is 0.00894. The van der Waals surface area contributed by atoms with E-state index in [1.165, 1.54) is 0 Å². The highest BCUT2D eigenvalue weighted by Gasteiger charge is 2.44. The van der Waals surface area contributed by atoms with Gasteiger partial charge in [0.1, 0.15) is 0 Å². The van der Waals surface area contributed by atoms with Crippen LogP contribution in [0.1, 0.15) is 43.0 Å². The third-order valence-electron chi connectivity index (χ3n) is 4.14. The van der Waals surface area contributed by atoms with Gasteiger partial charge in [0.05, 0.1) is 5.41 Å². The summed E-state index contributed by atoms with van der Waals surface area (Å²) in [5, 5.41) is 4.34. The molecule has 6 heteroatoms. The molecule has 116 valence electrons. The number of rotatable bonds is 4. The molecule has 1 aromatic heterocycles. The SMILES string of the molecule is Cc1noc(COC(=O)C2(c3ccc(Cl)cc3)CCCC2)n1. The minimum Gasteiger partial charge on any atom is -0.455 e. The smallest absolute Gasteiger partial charge is 0.317 e. The number of carbonyl (C=O) groups is 1. The number of aromatic nitrogens is 2. The lowest BCUT2D eigenvalue weighted by Crippen LogP contribution is -2.34. The van der Waals surface area contributed by atoms with E-state index in [2.05, 4.69) is 10.1 Å². The molecule has 0 amide bonds. The van der Waals surface area contributed by atoms with Crippen LogP contribution in [0.4, 0.5) is 0 Å². The first-order chi connectivity index (χ1) is 10.6. The second-order valence-electron chi connectivity index (χ2n) is 5.61. The molecule has 0 saturated heterocycles. The van der Waals surface area contributed by atoms with E-state index < -0.39 is 5.41 Å². The van der Waals surface area contributed by atoms with Gasteiger partial charge in [-0.3, -0.25) is 4.79 Å². The van der Waals surface area contributed by atoms with Crippen LogP contribution in [-0.2, 0) is 21.6 Å². The van der Waals surface area contributed by atoms with Gasteiger partial charge in [-0.2, -0.15) is 4.98 Å². The van der Waals surface area contributed by atoms with Crippen LogP contribution in [0.25, 0.3) is 0 Å². The molecule has 1 aliphatic carbocycles. The Labute approximate surface area is 133 Å². The molecule has 1 aromatic carbocycles. The molecule has 0 bridgehead atoms. The lowest BCUT2D eigenvalue weighted by molar-refractivity contribution is -0.152. The van der Waals surface area contributed by atoms with Crippen molar-refractivity contribution in [1.82, 2.24) is 10.1 Å². The van der Waals surface area contributed by atoms with E-state index in [0.717, 1.165) is 31.2 Å². The Balaban J connectivity index is 1.78. The second kappa shape index (κ2) is 6.08. The van der Waals surface area contributed by atoms with Crippen LogP contribution >= 0.6 is 11.6 Å². The van der Waals surface area contributed by atoms with Gasteiger partial charge in [-0.25, -0.2) is 0 Å². The number of benzene rings is 1. The van der Waals surface area contributed by atoms with Crippen molar-refractivity contribution in [1.29, 1.82) is 0 Å². The van der Waals surface area contributed by atoms with Gasteiger partial charge in [0.25, 0.3) is 5.89 Å².